The normalized spacial score (nSPS) is 17.5. The van der Waals surface area contributed by atoms with Crippen LogP contribution in [0.4, 0.5) is 5.69 Å². The van der Waals surface area contributed by atoms with Gasteiger partial charge in [0.05, 0.1) is 18.3 Å². The van der Waals surface area contributed by atoms with Crippen molar-refractivity contribution < 1.29 is 19.1 Å². The molecule has 0 aliphatic carbocycles. The Morgan fingerprint density at radius 1 is 1.43 bits per heavy atom. The van der Waals surface area contributed by atoms with Gasteiger partial charge in [-0.3, -0.25) is 4.79 Å². The molecule has 0 spiro atoms. The Labute approximate surface area is 124 Å². The first-order valence-corrected chi connectivity index (χ1v) is 7.37. The molecule has 1 N–H and O–H groups in total. The van der Waals surface area contributed by atoms with Crippen LogP contribution in [0, 0.1) is 0 Å². The van der Waals surface area contributed by atoms with Crippen molar-refractivity contribution in [1.82, 2.24) is 0 Å². The predicted molar refractivity (Wildman–Crippen MR) is 79.2 cm³/mol. The fourth-order valence-corrected chi connectivity index (χ4v) is 2.33. The van der Waals surface area contributed by atoms with Gasteiger partial charge in [-0.05, 0) is 44.4 Å². The van der Waals surface area contributed by atoms with E-state index >= 15 is 0 Å². The zero-order valence-corrected chi connectivity index (χ0v) is 12.3. The van der Waals surface area contributed by atoms with E-state index in [-0.39, 0.29) is 18.0 Å². The average Bonchev–Trinajstić information content (AvgIpc) is 2.99. The van der Waals surface area contributed by atoms with Crippen LogP contribution >= 0.6 is 0 Å². The second-order valence-corrected chi connectivity index (χ2v) is 5.02. The van der Waals surface area contributed by atoms with Crippen molar-refractivity contribution in [3.8, 4) is 0 Å². The number of nitrogens with one attached hydrogen (secondary N) is 1. The van der Waals surface area contributed by atoms with E-state index in [4.69, 9.17) is 9.47 Å². The number of anilines is 1. The van der Waals surface area contributed by atoms with E-state index in [0.717, 1.165) is 25.9 Å². The summed E-state index contributed by atoms with van der Waals surface area (Å²) < 4.78 is 10.4. The van der Waals surface area contributed by atoms with Crippen LogP contribution in [0.3, 0.4) is 0 Å². The Kier molecular flexibility index (Phi) is 5.75. The SMILES string of the molecule is CCOC(=O)c1cccc(NC(=O)CCC2CCCO2)c1. The summed E-state index contributed by atoms with van der Waals surface area (Å²) >= 11 is 0. The summed E-state index contributed by atoms with van der Waals surface area (Å²) in [7, 11) is 0. The molecular formula is C16H21NO4. The summed E-state index contributed by atoms with van der Waals surface area (Å²) in [4.78, 5) is 23.5. The first-order valence-electron chi connectivity index (χ1n) is 7.37. The fourth-order valence-electron chi connectivity index (χ4n) is 2.33. The lowest BCUT2D eigenvalue weighted by molar-refractivity contribution is -0.116. The van der Waals surface area contributed by atoms with E-state index in [2.05, 4.69) is 5.32 Å². The number of hydrogen-bond donors (Lipinski definition) is 1. The van der Waals surface area contributed by atoms with Gasteiger partial charge >= 0.3 is 5.97 Å². The lowest BCUT2D eigenvalue weighted by atomic mass is 10.1. The van der Waals surface area contributed by atoms with Crippen molar-refractivity contribution in [2.45, 2.75) is 38.7 Å². The zero-order valence-electron chi connectivity index (χ0n) is 12.3. The van der Waals surface area contributed by atoms with E-state index in [1.54, 1.807) is 31.2 Å². The van der Waals surface area contributed by atoms with Gasteiger partial charge in [0.15, 0.2) is 0 Å². The van der Waals surface area contributed by atoms with Crippen molar-refractivity contribution in [2.24, 2.45) is 0 Å². The van der Waals surface area contributed by atoms with Crippen LogP contribution in [0.2, 0.25) is 0 Å². The third-order valence-corrected chi connectivity index (χ3v) is 3.37. The molecule has 1 aliphatic rings. The highest BCUT2D eigenvalue weighted by Crippen LogP contribution is 2.18. The molecule has 0 aromatic heterocycles. The van der Waals surface area contributed by atoms with Crippen LogP contribution in [-0.4, -0.2) is 31.2 Å². The lowest BCUT2D eigenvalue weighted by Crippen LogP contribution is -2.15. The molecule has 114 valence electrons. The van der Waals surface area contributed by atoms with E-state index in [1.807, 2.05) is 0 Å². The van der Waals surface area contributed by atoms with E-state index < -0.39 is 0 Å². The van der Waals surface area contributed by atoms with Gasteiger partial charge in [0, 0.05) is 18.7 Å². The maximum absolute atomic E-state index is 11.9. The minimum Gasteiger partial charge on any atom is -0.462 e. The van der Waals surface area contributed by atoms with Gasteiger partial charge in [0.25, 0.3) is 0 Å². The molecule has 1 aromatic carbocycles. The highest BCUT2D eigenvalue weighted by molar-refractivity contribution is 5.94. The molecule has 1 amide bonds. The maximum atomic E-state index is 11.9. The van der Waals surface area contributed by atoms with Crippen molar-refractivity contribution >= 4 is 17.6 Å². The van der Waals surface area contributed by atoms with Crippen molar-refractivity contribution in [3.63, 3.8) is 0 Å². The van der Waals surface area contributed by atoms with Crippen LogP contribution in [-0.2, 0) is 14.3 Å². The largest absolute Gasteiger partial charge is 0.462 e. The number of ether oxygens (including phenoxy) is 2. The van der Waals surface area contributed by atoms with Crippen LogP contribution in [0.1, 0.15) is 43.0 Å². The summed E-state index contributed by atoms with van der Waals surface area (Å²) in [5.41, 5.74) is 1.05. The molecule has 21 heavy (non-hydrogen) atoms. The number of carbonyl (C=O) groups excluding carboxylic acids is 2. The van der Waals surface area contributed by atoms with Crippen LogP contribution in [0.5, 0.6) is 0 Å². The molecule has 2 rings (SSSR count). The Bertz CT molecular complexity index is 495. The molecule has 1 unspecified atom stereocenters. The van der Waals surface area contributed by atoms with Crippen LogP contribution in [0.15, 0.2) is 24.3 Å². The maximum Gasteiger partial charge on any atom is 0.338 e. The molecule has 0 radical (unpaired) electrons. The Balaban J connectivity index is 1.85. The summed E-state index contributed by atoms with van der Waals surface area (Å²) in [6.07, 6.45) is 3.48. The standard InChI is InChI=1S/C16H21NO4/c1-2-20-16(19)12-5-3-6-13(11-12)17-15(18)9-8-14-7-4-10-21-14/h3,5-6,11,14H,2,4,7-10H2,1H3,(H,17,18). The number of carbonyl (C=O) groups is 2. The molecular weight excluding hydrogens is 270 g/mol. The summed E-state index contributed by atoms with van der Waals surface area (Å²) in [6, 6.07) is 6.77. The summed E-state index contributed by atoms with van der Waals surface area (Å²) in [5, 5.41) is 2.80. The third-order valence-electron chi connectivity index (χ3n) is 3.37. The third kappa shape index (κ3) is 4.86. The molecule has 1 aromatic rings. The minimum absolute atomic E-state index is 0.0634. The monoisotopic (exact) mass is 291 g/mol. The smallest absolute Gasteiger partial charge is 0.338 e. The second kappa shape index (κ2) is 7.78. The highest BCUT2D eigenvalue weighted by atomic mass is 16.5. The quantitative estimate of drug-likeness (QED) is 0.819. The first kappa shape index (κ1) is 15.5. The highest BCUT2D eigenvalue weighted by Gasteiger charge is 2.16. The van der Waals surface area contributed by atoms with Crippen molar-refractivity contribution in [1.29, 1.82) is 0 Å². The Morgan fingerprint density at radius 3 is 3.00 bits per heavy atom. The predicted octanol–water partition coefficient (Wildman–Crippen LogP) is 2.76. The van der Waals surface area contributed by atoms with Crippen molar-refractivity contribution in [2.75, 3.05) is 18.5 Å². The zero-order chi connectivity index (χ0) is 15.1. The number of benzene rings is 1. The molecule has 1 atom stereocenters. The number of amides is 1. The average molecular weight is 291 g/mol. The Hall–Kier alpha value is -1.88. The summed E-state index contributed by atoms with van der Waals surface area (Å²) in [6.45, 7) is 2.89. The van der Waals surface area contributed by atoms with Gasteiger partial charge in [0.1, 0.15) is 0 Å². The molecule has 1 fully saturated rings. The molecule has 1 heterocycles. The number of rotatable bonds is 6. The van der Waals surface area contributed by atoms with E-state index in [0.29, 0.717) is 24.3 Å². The van der Waals surface area contributed by atoms with Gasteiger partial charge in [-0.1, -0.05) is 6.07 Å². The van der Waals surface area contributed by atoms with Gasteiger partial charge < -0.3 is 14.8 Å². The van der Waals surface area contributed by atoms with Crippen LogP contribution < -0.4 is 5.32 Å². The van der Waals surface area contributed by atoms with E-state index in [9.17, 15) is 9.59 Å². The van der Waals surface area contributed by atoms with Gasteiger partial charge in [-0.15, -0.1) is 0 Å². The van der Waals surface area contributed by atoms with Crippen LogP contribution in [0.25, 0.3) is 0 Å². The minimum atomic E-state index is -0.382. The van der Waals surface area contributed by atoms with Gasteiger partial charge in [0.2, 0.25) is 5.91 Å². The molecule has 1 saturated heterocycles. The molecule has 0 bridgehead atoms. The molecule has 0 saturated carbocycles. The topological polar surface area (TPSA) is 64.6 Å². The lowest BCUT2D eigenvalue weighted by Gasteiger charge is -2.10. The molecule has 5 heteroatoms. The number of esters is 1. The first-order chi connectivity index (χ1) is 10.2. The van der Waals surface area contributed by atoms with E-state index in [1.165, 1.54) is 0 Å². The molecule has 5 nitrogen and oxygen atoms in total. The fraction of sp³-hybridized carbons (Fsp3) is 0.500. The number of hydrogen-bond acceptors (Lipinski definition) is 4. The Morgan fingerprint density at radius 2 is 2.29 bits per heavy atom. The van der Waals surface area contributed by atoms with Crippen molar-refractivity contribution in [3.05, 3.63) is 29.8 Å². The van der Waals surface area contributed by atoms with Gasteiger partial charge in [-0.2, -0.15) is 0 Å². The summed E-state index contributed by atoms with van der Waals surface area (Å²) in [5.74, 6) is -0.445. The second-order valence-electron chi connectivity index (χ2n) is 5.02. The molecule has 1 aliphatic heterocycles. The van der Waals surface area contributed by atoms with Gasteiger partial charge in [-0.25, -0.2) is 4.79 Å².